The topological polar surface area (TPSA) is 32.3 Å². The molecule has 0 aliphatic carbocycles. The first-order valence-corrected chi connectivity index (χ1v) is 5.42. The summed E-state index contributed by atoms with van der Waals surface area (Å²) in [5, 5.41) is 3.38. The summed E-state index contributed by atoms with van der Waals surface area (Å²) in [6.45, 7) is 4.75. The van der Waals surface area contributed by atoms with Gasteiger partial charge < -0.3 is 10.2 Å². The van der Waals surface area contributed by atoms with Crippen LogP contribution < -0.4 is 10.2 Å². The number of benzene rings is 1. The zero-order chi connectivity index (χ0) is 10.4. The van der Waals surface area contributed by atoms with Crippen LogP contribution in [0.15, 0.2) is 18.2 Å². The third-order valence-electron chi connectivity index (χ3n) is 3.36. The van der Waals surface area contributed by atoms with Gasteiger partial charge in [0.1, 0.15) is 0 Å². The van der Waals surface area contributed by atoms with Crippen LogP contribution in [0.1, 0.15) is 22.8 Å². The highest BCUT2D eigenvalue weighted by Gasteiger charge is 2.35. The summed E-state index contributed by atoms with van der Waals surface area (Å²) in [6, 6.07) is 6.05. The highest BCUT2D eigenvalue weighted by molar-refractivity contribution is 6.11. The molecular formula is C12H14N2O. The summed E-state index contributed by atoms with van der Waals surface area (Å²) in [5.41, 5.74) is 3.33. The summed E-state index contributed by atoms with van der Waals surface area (Å²) in [4.78, 5) is 14.2. The Hall–Kier alpha value is -1.35. The van der Waals surface area contributed by atoms with Crippen molar-refractivity contribution >= 4 is 11.5 Å². The second-order valence-corrected chi connectivity index (χ2v) is 4.22. The van der Waals surface area contributed by atoms with Crippen molar-refractivity contribution in [3.63, 3.8) is 0 Å². The van der Waals surface area contributed by atoms with Gasteiger partial charge in [0.2, 0.25) is 0 Å². The monoisotopic (exact) mass is 202 g/mol. The van der Waals surface area contributed by atoms with Gasteiger partial charge in [-0.2, -0.15) is 0 Å². The molecule has 0 fully saturated rings. The van der Waals surface area contributed by atoms with Crippen LogP contribution in [0.4, 0.5) is 5.69 Å². The molecule has 1 unspecified atom stereocenters. The lowest BCUT2D eigenvalue weighted by Crippen LogP contribution is -2.36. The number of carbonyl (C=O) groups excluding carboxylic acids is 1. The van der Waals surface area contributed by atoms with Crippen molar-refractivity contribution in [3.8, 4) is 0 Å². The van der Waals surface area contributed by atoms with Crippen molar-refractivity contribution in [2.45, 2.75) is 19.5 Å². The maximum Gasteiger partial charge on any atom is 0.187 e. The zero-order valence-corrected chi connectivity index (χ0v) is 8.79. The van der Waals surface area contributed by atoms with Gasteiger partial charge in [-0.25, -0.2) is 0 Å². The number of para-hydroxylation sites is 1. The van der Waals surface area contributed by atoms with Crippen LogP contribution in [0, 0.1) is 0 Å². The molecule has 0 bridgehead atoms. The molecular weight excluding hydrogens is 188 g/mol. The first-order valence-electron chi connectivity index (χ1n) is 5.42. The molecule has 3 heteroatoms. The molecule has 15 heavy (non-hydrogen) atoms. The number of nitrogens with one attached hydrogen (secondary N) is 1. The number of carbonyl (C=O) groups is 1. The van der Waals surface area contributed by atoms with Crippen molar-refractivity contribution in [2.75, 3.05) is 18.0 Å². The van der Waals surface area contributed by atoms with Crippen molar-refractivity contribution in [1.29, 1.82) is 0 Å². The van der Waals surface area contributed by atoms with Gasteiger partial charge in [-0.3, -0.25) is 4.79 Å². The van der Waals surface area contributed by atoms with E-state index in [1.54, 1.807) is 0 Å². The molecule has 3 rings (SSSR count). The SMILES string of the molecule is CC1C(=O)c2cccc3c2N1CCNC3. The zero-order valence-electron chi connectivity index (χ0n) is 8.79. The first-order chi connectivity index (χ1) is 7.29. The van der Waals surface area contributed by atoms with Crippen LogP contribution in [0.5, 0.6) is 0 Å². The van der Waals surface area contributed by atoms with Crippen LogP contribution in [-0.4, -0.2) is 24.9 Å². The molecule has 0 saturated heterocycles. The van der Waals surface area contributed by atoms with E-state index in [0.29, 0.717) is 0 Å². The summed E-state index contributed by atoms with van der Waals surface area (Å²) in [5.74, 6) is 0.272. The van der Waals surface area contributed by atoms with E-state index in [-0.39, 0.29) is 11.8 Å². The Bertz CT molecular complexity index is 428. The molecule has 1 N–H and O–H groups in total. The minimum absolute atomic E-state index is 0.0149. The third-order valence-corrected chi connectivity index (χ3v) is 3.36. The largest absolute Gasteiger partial charge is 0.359 e. The number of ketones is 1. The lowest BCUT2D eigenvalue weighted by atomic mass is 10.1. The van der Waals surface area contributed by atoms with Gasteiger partial charge in [0.05, 0.1) is 11.7 Å². The minimum atomic E-state index is 0.0149. The standard InChI is InChI=1S/C12H14N2O/c1-8-12(15)10-4-2-3-9-7-13-5-6-14(8)11(9)10/h2-4,8,13H,5-7H2,1H3. The first kappa shape index (κ1) is 8.92. The van der Waals surface area contributed by atoms with E-state index < -0.39 is 0 Å². The van der Waals surface area contributed by atoms with Crippen molar-refractivity contribution in [3.05, 3.63) is 29.3 Å². The molecule has 0 aromatic heterocycles. The molecule has 1 atom stereocenters. The number of hydrogen-bond donors (Lipinski definition) is 1. The van der Waals surface area contributed by atoms with E-state index in [0.717, 1.165) is 25.2 Å². The van der Waals surface area contributed by atoms with Crippen molar-refractivity contribution in [2.24, 2.45) is 0 Å². The Labute approximate surface area is 89.1 Å². The normalized spacial score (nSPS) is 23.9. The number of anilines is 1. The van der Waals surface area contributed by atoms with Crippen molar-refractivity contribution < 1.29 is 4.79 Å². The number of hydrogen-bond acceptors (Lipinski definition) is 3. The molecule has 2 heterocycles. The molecule has 3 nitrogen and oxygen atoms in total. The van der Waals surface area contributed by atoms with E-state index in [9.17, 15) is 4.79 Å². The summed E-state index contributed by atoms with van der Waals surface area (Å²) < 4.78 is 0. The van der Waals surface area contributed by atoms with E-state index in [1.165, 1.54) is 11.3 Å². The molecule has 2 aliphatic heterocycles. The number of nitrogens with zero attached hydrogens (tertiary/aromatic N) is 1. The highest BCUT2D eigenvalue weighted by atomic mass is 16.1. The Balaban J connectivity index is 2.23. The Morgan fingerprint density at radius 3 is 3.20 bits per heavy atom. The highest BCUT2D eigenvalue weighted by Crippen LogP contribution is 2.35. The van der Waals surface area contributed by atoms with Crippen LogP contribution in [-0.2, 0) is 6.54 Å². The van der Waals surface area contributed by atoms with E-state index in [1.807, 2.05) is 19.1 Å². The molecule has 2 aliphatic rings. The van der Waals surface area contributed by atoms with Gasteiger partial charge in [-0.05, 0) is 18.6 Å². The van der Waals surface area contributed by atoms with Crippen LogP contribution in [0.2, 0.25) is 0 Å². The molecule has 78 valence electrons. The smallest absolute Gasteiger partial charge is 0.187 e. The van der Waals surface area contributed by atoms with E-state index in [2.05, 4.69) is 16.3 Å². The summed E-state index contributed by atoms with van der Waals surface area (Å²) in [7, 11) is 0. The predicted molar refractivity (Wildman–Crippen MR) is 59.3 cm³/mol. The van der Waals surface area contributed by atoms with Crippen LogP contribution >= 0.6 is 0 Å². The fourth-order valence-corrected chi connectivity index (χ4v) is 2.56. The lowest BCUT2D eigenvalue weighted by molar-refractivity contribution is 0.0977. The van der Waals surface area contributed by atoms with Gasteiger partial charge in [-0.1, -0.05) is 12.1 Å². The number of Topliss-reactive ketones (excluding diaryl/α,β-unsaturated/α-hetero) is 1. The second-order valence-electron chi connectivity index (χ2n) is 4.22. The summed E-state index contributed by atoms with van der Waals surface area (Å²) >= 11 is 0. The molecule has 1 aromatic rings. The van der Waals surface area contributed by atoms with Crippen LogP contribution in [0.3, 0.4) is 0 Å². The number of rotatable bonds is 0. The third kappa shape index (κ3) is 1.13. The Morgan fingerprint density at radius 1 is 1.47 bits per heavy atom. The van der Waals surface area contributed by atoms with Crippen molar-refractivity contribution in [1.82, 2.24) is 5.32 Å². The Kier molecular flexibility index (Phi) is 1.83. The Morgan fingerprint density at radius 2 is 2.33 bits per heavy atom. The van der Waals surface area contributed by atoms with Gasteiger partial charge in [-0.15, -0.1) is 0 Å². The predicted octanol–water partition coefficient (Wildman–Crippen LogP) is 1.18. The molecule has 0 saturated carbocycles. The fourth-order valence-electron chi connectivity index (χ4n) is 2.56. The lowest BCUT2D eigenvalue weighted by Gasteiger charge is -2.22. The van der Waals surface area contributed by atoms with Crippen LogP contribution in [0.25, 0.3) is 0 Å². The van der Waals surface area contributed by atoms with Gasteiger partial charge in [0, 0.05) is 25.2 Å². The maximum absolute atomic E-state index is 12.0. The van der Waals surface area contributed by atoms with Gasteiger partial charge in [0.15, 0.2) is 5.78 Å². The molecule has 0 spiro atoms. The second kappa shape index (κ2) is 3.07. The maximum atomic E-state index is 12.0. The molecule has 0 amide bonds. The summed E-state index contributed by atoms with van der Waals surface area (Å²) in [6.07, 6.45) is 0. The average molecular weight is 202 g/mol. The fraction of sp³-hybridized carbons (Fsp3) is 0.417. The molecule has 1 aromatic carbocycles. The average Bonchev–Trinajstić information content (AvgIpc) is 2.45. The van der Waals surface area contributed by atoms with Gasteiger partial charge in [0.25, 0.3) is 0 Å². The van der Waals surface area contributed by atoms with E-state index >= 15 is 0 Å². The van der Waals surface area contributed by atoms with Gasteiger partial charge >= 0.3 is 0 Å². The molecule has 0 radical (unpaired) electrons. The quantitative estimate of drug-likeness (QED) is 0.685. The minimum Gasteiger partial charge on any atom is -0.359 e. The van der Waals surface area contributed by atoms with E-state index in [4.69, 9.17) is 0 Å².